The molecule has 0 aliphatic carbocycles. The van der Waals surface area contributed by atoms with Gasteiger partial charge in [-0.3, -0.25) is 9.69 Å². The zero-order chi connectivity index (χ0) is 15.3. The minimum absolute atomic E-state index is 0.210. The molecule has 1 saturated heterocycles. The van der Waals surface area contributed by atoms with Gasteiger partial charge in [-0.05, 0) is 27.2 Å². The number of hydrogen-bond acceptors (Lipinski definition) is 5. The molecule has 0 bridgehead atoms. The zero-order valence-corrected chi connectivity index (χ0v) is 13.1. The summed E-state index contributed by atoms with van der Waals surface area (Å²) in [6, 6.07) is -0.221. The number of carbonyl (C=O) groups is 2. The van der Waals surface area contributed by atoms with E-state index in [0.717, 1.165) is 0 Å². The molecule has 6 heteroatoms. The van der Waals surface area contributed by atoms with E-state index in [-0.39, 0.29) is 18.1 Å². The predicted molar refractivity (Wildman–Crippen MR) is 75.5 cm³/mol. The first-order valence-corrected chi connectivity index (χ1v) is 7.08. The number of nitrogens with zero attached hydrogens (tertiary/aromatic N) is 2. The highest BCUT2D eigenvalue weighted by Gasteiger charge is 2.31. The average molecular weight is 286 g/mol. The fourth-order valence-electron chi connectivity index (χ4n) is 2.25. The molecule has 0 unspecified atom stereocenters. The van der Waals surface area contributed by atoms with E-state index in [0.29, 0.717) is 32.6 Å². The third-order valence-corrected chi connectivity index (χ3v) is 3.27. The van der Waals surface area contributed by atoms with E-state index in [1.54, 1.807) is 4.90 Å². The summed E-state index contributed by atoms with van der Waals surface area (Å²) in [7, 11) is 1.40. The van der Waals surface area contributed by atoms with Gasteiger partial charge in [-0.25, -0.2) is 4.79 Å². The molecule has 116 valence electrons. The number of piperazine rings is 1. The van der Waals surface area contributed by atoms with Crippen LogP contribution in [0.4, 0.5) is 4.79 Å². The van der Waals surface area contributed by atoms with Crippen molar-refractivity contribution < 1.29 is 19.1 Å². The maximum atomic E-state index is 11.9. The first-order chi connectivity index (χ1) is 9.28. The van der Waals surface area contributed by atoms with Crippen LogP contribution < -0.4 is 0 Å². The van der Waals surface area contributed by atoms with Crippen molar-refractivity contribution >= 4 is 12.1 Å². The summed E-state index contributed by atoms with van der Waals surface area (Å²) in [5.41, 5.74) is -0.480. The Bertz CT molecular complexity index is 344. The van der Waals surface area contributed by atoms with Gasteiger partial charge >= 0.3 is 12.1 Å². The Morgan fingerprint density at radius 2 is 1.70 bits per heavy atom. The van der Waals surface area contributed by atoms with Gasteiger partial charge in [0.25, 0.3) is 0 Å². The van der Waals surface area contributed by atoms with E-state index in [1.165, 1.54) is 7.11 Å². The molecule has 0 spiro atoms. The average Bonchev–Trinajstić information content (AvgIpc) is 2.38. The molecule has 0 radical (unpaired) electrons. The maximum Gasteiger partial charge on any atom is 0.410 e. The summed E-state index contributed by atoms with van der Waals surface area (Å²) in [6.07, 6.45) is 0.419. The van der Waals surface area contributed by atoms with Crippen molar-refractivity contribution in [3.63, 3.8) is 0 Å². The van der Waals surface area contributed by atoms with E-state index in [4.69, 9.17) is 9.47 Å². The molecule has 0 aromatic heterocycles. The van der Waals surface area contributed by atoms with Crippen molar-refractivity contribution in [1.82, 2.24) is 9.80 Å². The Balaban J connectivity index is 2.51. The van der Waals surface area contributed by atoms with Gasteiger partial charge in [-0.1, -0.05) is 6.92 Å². The summed E-state index contributed by atoms with van der Waals surface area (Å²) in [5, 5.41) is 0. The van der Waals surface area contributed by atoms with Crippen LogP contribution in [0.2, 0.25) is 0 Å². The molecule has 0 aromatic rings. The van der Waals surface area contributed by atoms with Crippen LogP contribution in [0.5, 0.6) is 0 Å². The summed E-state index contributed by atoms with van der Waals surface area (Å²) in [5.74, 6) is -0.210. The molecule has 1 amide bonds. The van der Waals surface area contributed by atoms with Gasteiger partial charge in [-0.15, -0.1) is 0 Å². The molecule has 1 heterocycles. The van der Waals surface area contributed by atoms with Crippen molar-refractivity contribution in [1.29, 1.82) is 0 Å². The molecule has 20 heavy (non-hydrogen) atoms. The molecule has 1 fully saturated rings. The second kappa shape index (κ2) is 6.92. The van der Waals surface area contributed by atoms with Crippen molar-refractivity contribution in [2.75, 3.05) is 33.3 Å². The van der Waals surface area contributed by atoms with Crippen LogP contribution in [-0.4, -0.2) is 66.8 Å². The number of carbonyl (C=O) groups excluding carboxylic acids is 2. The molecule has 1 atom stereocenters. The first kappa shape index (κ1) is 16.8. The van der Waals surface area contributed by atoms with Crippen molar-refractivity contribution in [2.45, 2.75) is 45.8 Å². The van der Waals surface area contributed by atoms with E-state index < -0.39 is 5.60 Å². The molecular weight excluding hydrogens is 260 g/mol. The summed E-state index contributed by atoms with van der Waals surface area (Å²) in [4.78, 5) is 27.4. The molecule has 0 N–H and O–H groups in total. The van der Waals surface area contributed by atoms with Gasteiger partial charge in [0.1, 0.15) is 11.6 Å². The minimum Gasteiger partial charge on any atom is -0.468 e. The number of amides is 1. The molecule has 6 nitrogen and oxygen atoms in total. The van der Waals surface area contributed by atoms with Crippen LogP contribution in [0.25, 0.3) is 0 Å². The van der Waals surface area contributed by atoms with Crippen LogP contribution in [0.1, 0.15) is 34.1 Å². The molecule has 0 aromatic carbocycles. The molecule has 0 saturated carbocycles. The molecular formula is C14H26N2O4. The van der Waals surface area contributed by atoms with Gasteiger partial charge < -0.3 is 14.4 Å². The Morgan fingerprint density at radius 3 is 2.10 bits per heavy atom. The normalized spacial score (nSPS) is 18.6. The van der Waals surface area contributed by atoms with E-state index in [1.807, 2.05) is 27.7 Å². The highest BCUT2D eigenvalue weighted by atomic mass is 16.6. The third kappa shape index (κ3) is 4.67. The Labute approximate surface area is 121 Å². The van der Waals surface area contributed by atoms with Crippen molar-refractivity contribution in [2.24, 2.45) is 0 Å². The zero-order valence-electron chi connectivity index (χ0n) is 13.1. The molecule has 1 aliphatic rings. The number of esters is 1. The summed E-state index contributed by atoms with van der Waals surface area (Å²) >= 11 is 0. The van der Waals surface area contributed by atoms with Gasteiger partial charge in [0.15, 0.2) is 0 Å². The second-order valence-electron chi connectivity index (χ2n) is 5.95. The van der Waals surface area contributed by atoms with Crippen LogP contribution in [-0.2, 0) is 14.3 Å². The largest absolute Gasteiger partial charge is 0.468 e. The molecule has 1 aliphatic heterocycles. The lowest BCUT2D eigenvalue weighted by Gasteiger charge is -2.38. The number of ether oxygens (including phenoxy) is 2. The highest BCUT2D eigenvalue weighted by molar-refractivity contribution is 5.75. The Hall–Kier alpha value is -1.30. The third-order valence-electron chi connectivity index (χ3n) is 3.27. The summed E-state index contributed by atoms with van der Waals surface area (Å²) < 4.78 is 10.2. The van der Waals surface area contributed by atoms with Crippen LogP contribution in [0, 0.1) is 0 Å². The van der Waals surface area contributed by atoms with E-state index in [9.17, 15) is 9.59 Å². The smallest absolute Gasteiger partial charge is 0.410 e. The van der Waals surface area contributed by atoms with E-state index in [2.05, 4.69) is 4.90 Å². The van der Waals surface area contributed by atoms with Gasteiger partial charge in [0.2, 0.25) is 0 Å². The fraction of sp³-hybridized carbons (Fsp3) is 0.857. The number of methoxy groups -OCH3 is 1. The van der Waals surface area contributed by atoms with Gasteiger partial charge in [0, 0.05) is 26.2 Å². The van der Waals surface area contributed by atoms with Crippen LogP contribution >= 0.6 is 0 Å². The van der Waals surface area contributed by atoms with Gasteiger partial charge in [0.05, 0.1) is 7.11 Å². The Kier molecular flexibility index (Phi) is 5.80. The fourth-order valence-corrected chi connectivity index (χ4v) is 2.25. The lowest BCUT2D eigenvalue weighted by molar-refractivity contribution is -0.147. The van der Waals surface area contributed by atoms with Crippen LogP contribution in [0.3, 0.4) is 0 Å². The minimum atomic E-state index is -0.480. The quantitative estimate of drug-likeness (QED) is 0.736. The SMILES string of the molecule is CC[C@H](C(=O)OC)N1CCN(C(=O)OC(C)(C)C)CC1. The lowest BCUT2D eigenvalue weighted by Crippen LogP contribution is -2.54. The van der Waals surface area contributed by atoms with Crippen LogP contribution in [0.15, 0.2) is 0 Å². The van der Waals surface area contributed by atoms with Crippen molar-refractivity contribution in [3.8, 4) is 0 Å². The number of hydrogen-bond donors (Lipinski definition) is 0. The standard InChI is InChI=1S/C14H26N2O4/c1-6-11(12(17)19-5)15-7-9-16(10-8-15)13(18)20-14(2,3)4/h11H,6-10H2,1-5H3/t11-/m1/s1. The van der Waals surface area contributed by atoms with Gasteiger partial charge in [-0.2, -0.15) is 0 Å². The second-order valence-corrected chi connectivity index (χ2v) is 5.95. The predicted octanol–water partition coefficient (Wildman–Crippen LogP) is 1.49. The van der Waals surface area contributed by atoms with Crippen molar-refractivity contribution in [3.05, 3.63) is 0 Å². The first-order valence-electron chi connectivity index (χ1n) is 7.08. The monoisotopic (exact) mass is 286 g/mol. The topological polar surface area (TPSA) is 59.1 Å². The summed E-state index contributed by atoms with van der Waals surface area (Å²) in [6.45, 7) is 9.98. The highest BCUT2D eigenvalue weighted by Crippen LogP contribution is 2.14. The molecule has 1 rings (SSSR count). The Morgan fingerprint density at radius 1 is 1.15 bits per heavy atom. The van der Waals surface area contributed by atoms with E-state index >= 15 is 0 Å². The number of rotatable bonds is 3. The maximum absolute atomic E-state index is 11.9. The lowest BCUT2D eigenvalue weighted by atomic mass is 10.1.